The van der Waals surface area contributed by atoms with Crippen LogP contribution < -0.4 is 21.1 Å². The van der Waals surface area contributed by atoms with Crippen molar-refractivity contribution in [3.8, 4) is 17.3 Å². The number of nitrogens with two attached hydrogens (primary N) is 1. The number of aromatic nitrogens is 6. The van der Waals surface area contributed by atoms with E-state index >= 15 is 0 Å². The Morgan fingerprint density at radius 1 is 1.00 bits per heavy atom. The third-order valence-corrected chi connectivity index (χ3v) is 7.83. The number of fused-ring (bicyclic) bond motifs is 3. The molecule has 2 aliphatic rings. The third-order valence-electron chi connectivity index (χ3n) is 7.83. The maximum atomic E-state index is 13.7. The Bertz CT molecular complexity index is 1710. The van der Waals surface area contributed by atoms with Crippen LogP contribution in [0.1, 0.15) is 18.9 Å². The van der Waals surface area contributed by atoms with E-state index in [4.69, 9.17) is 24.6 Å². The first-order valence-electron chi connectivity index (χ1n) is 14.0. The van der Waals surface area contributed by atoms with Gasteiger partial charge in [0.05, 0.1) is 12.9 Å². The highest BCUT2D eigenvalue weighted by atomic mass is 16.5. The number of imidazole rings is 1. The smallest absolute Gasteiger partial charge is 0.330 e. The van der Waals surface area contributed by atoms with Crippen LogP contribution in [0.5, 0.6) is 5.75 Å². The average molecular weight is 560 g/mol. The zero-order chi connectivity index (χ0) is 27.9. The molecule has 0 unspecified atom stereocenters. The monoisotopic (exact) mass is 559 g/mol. The van der Waals surface area contributed by atoms with Gasteiger partial charge in [-0.25, -0.2) is 9.78 Å². The van der Waals surface area contributed by atoms with Gasteiger partial charge in [0.25, 0.3) is 0 Å². The number of nitrogen functional groups attached to an aromatic ring is 1. The lowest BCUT2D eigenvalue weighted by molar-refractivity contribution is 0.146. The van der Waals surface area contributed by atoms with Crippen LogP contribution >= 0.6 is 0 Å². The van der Waals surface area contributed by atoms with Crippen molar-refractivity contribution in [2.45, 2.75) is 25.4 Å². The molecule has 0 amide bonds. The van der Waals surface area contributed by atoms with Crippen molar-refractivity contribution in [1.82, 2.24) is 33.6 Å². The molecule has 41 heavy (non-hydrogen) atoms. The minimum Gasteiger partial charge on any atom is -0.491 e. The van der Waals surface area contributed by atoms with E-state index in [0.717, 1.165) is 51.3 Å². The molecule has 2 N–H and O–H groups in total. The van der Waals surface area contributed by atoms with Gasteiger partial charge < -0.3 is 24.5 Å². The molecule has 1 saturated carbocycles. The maximum Gasteiger partial charge on any atom is 0.330 e. The summed E-state index contributed by atoms with van der Waals surface area (Å²) in [6.45, 7) is 5.98. The fraction of sp³-hybridized carbons (Fsp3) is 0.429. The number of piperazine rings is 1. The normalized spacial score (nSPS) is 16.3. The van der Waals surface area contributed by atoms with Crippen LogP contribution in [0.4, 0.5) is 11.6 Å². The number of methoxy groups -OCH3 is 1. The van der Waals surface area contributed by atoms with Crippen LogP contribution in [-0.4, -0.2) is 86.7 Å². The molecule has 5 aromatic rings. The predicted molar refractivity (Wildman–Crippen MR) is 153 cm³/mol. The van der Waals surface area contributed by atoms with Crippen LogP contribution in [0.2, 0.25) is 0 Å². The highest BCUT2D eigenvalue weighted by molar-refractivity contribution is 5.88. The van der Waals surface area contributed by atoms with Gasteiger partial charge in [-0.3, -0.25) is 14.0 Å². The molecular weight excluding hydrogens is 526 g/mol. The van der Waals surface area contributed by atoms with Gasteiger partial charge in [-0.05, 0) is 49.2 Å². The van der Waals surface area contributed by atoms with Gasteiger partial charge in [0, 0.05) is 58.1 Å². The van der Waals surface area contributed by atoms with Gasteiger partial charge in [-0.15, -0.1) is 5.10 Å². The van der Waals surface area contributed by atoms with Crippen LogP contribution in [-0.2, 0) is 11.3 Å². The minimum absolute atomic E-state index is 0.0727. The van der Waals surface area contributed by atoms with Gasteiger partial charge in [-0.1, -0.05) is 0 Å². The number of furan rings is 1. The lowest BCUT2D eigenvalue weighted by atomic mass is 10.2. The van der Waals surface area contributed by atoms with Crippen molar-refractivity contribution < 1.29 is 13.9 Å². The van der Waals surface area contributed by atoms with Crippen LogP contribution in [0.3, 0.4) is 0 Å². The van der Waals surface area contributed by atoms with E-state index in [-0.39, 0.29) is 17.7 Å². The summed E-state index contributed by atoms with van der Waals surface area (Å²) in [5.41, 5.74) is 9.18. The molecule has 1 aliphatic heterocycles. The Hall–Kier alpha value is -4.36. The SMILES string of the molecule is COCCOc1ccc(N2CCN(CCn3c(=O)n(C4CC4)c4c3nc(N)n3nc(-c5ccco5)nc43)CC2)cc1. The Balaban J connectivity index is 1.08. The molecule has 13 heteroatoms. The topological polar surface area (TPSA) is 134 Å². The van der Waals surface area contributed by atoms with Crippen molar-refractivity contribution in [3.63, 3.8) is 0 Å². The number of benzene rings is 1. The van der Waals surface area contributed by atoms with Crippen molar-refractivity contribution in [2.75, 3.05) is 63.7 Å². The van der Waals surface area contributed by atoms with E-state index in [2.05, 4.69) is 32.0 Å². The Morgan fingerprint density at radius 2 is 1.80 bits per heavy atom. The largest absolute Gasteiger partial charge is 0.491 e. The molecule has 7 rings (SSSR count). The molecule has 1 saturated heterocycles. The zero-order valence-corrected chi connectivity index (χ0v) is 23.0. The predicted octanol–water partition coefficient (Wildman–Crippen LogP) is 2.27. The second-order valence-corrected chi connectivity index (χ2v) is 10.5. The van der Waals surface area contributed by atoms with E-state index < -0.39 is 0 Å². The molecule has 0 atom stereocenters. The second-order valence-electron chi connectivity index (χ2n) is 10.5. The molecule has 4 aromatic heterocycles. The molecule has 2 fully saturated rings. The lowest BCUT2D eigenvalue weighted by Gasteiger charge is -2.36. The molecule has 0 spiro atoms. The molecule has 1 aromatic carbocycles. The lowest BCUT2D eigenvalue weighted by Crippen LogP contribution is -2.47. The fourth-order valence-electron chi connectivity index (χ4n) is 5.50. The van der Waals surface area contributed by atoms with Gasteiger partial charge in [-0.2, -0.15) is 9.50 Å². The molecule has 13 nitrogen and oxygen atoms in total. The molecular formula is C28H33N9O4. The van der Waals surface area contributed by atoms with Crippen LogP contribution in [0.15, 0.2) is 51.9 Å². The van der Waals surface area contributed by atoms with Crippen molar-refractivity contribution in [1.29, 1.82) is 0 Å². The number of ether oxygens (including phenoxy) is 2. The van der Waals surface area contributed by atoms with E-state index in [1.807, 2.05) is 16.7 Å². The Labute approximate surface area is 235 Å². The molecule has 5 heterocycles. The number of hydrogen-bond acceptors (Lipinski definition) is 10. The summed E-state index contributed by atoms with van der Waals surface area (Å²) in [6, 6.07) is 11.9. The standard InChI is InChI=1S/C28H33N9O4/c1-39-17-18-40-21-8-6-19(7-9-21)34-13-10-33(11-14-34)12-15-35-25-23(36(28(35)38)20-4-5-20)26-30-24(22-3-2-16-41-22)32-37(26)27(29)31-25/h2-3,6-9,16,20H,4-5,10-15,17-18H2,1H3,(H2,29,31). The minimum atomic E-state index is -0.0727. The second kappa shape index (κ2) is 10.6. The number of nitrogens with zero attached hydrogens (tertiary/aromatic N) is 8. The summed E-state index contributed by atoms with van der Waals surface area (Å²) in [5, 5.41) is 4.51. The highest BCUT2D eigenvalue weighted by Gasteiger charge is 2.32. The molecule has 214 valence electrons. The average Bonchev–Trinajstić information content (AvgIpc) is 3.37. The molecule has 1 aliphatic carbocycles. The quantitative estimate of drug-likeness (QED) is 0.254. The third kappa shape index (κ3) is 4.80. The Morgan fingerprint density at radius 3 is 2.51 bits per heavy atom. The summed E-state index contributed by atoms with van der Waals surface area (Å²) >= 11 is 0. The van der Waals surface area contributed by atoms with Gasteiger partial charge in [0.15, 0.2) is 17.1 Å². The first-order chi connectivity index (χ1) is 20.1. The summed E-state index contributed by atoms with van der Waals surface area (Å²) in [6.07, 6.45) is 3.48. The molecule has 0 radical (unpaired) electrons. The van der Waals surface area contributed by atoms with Crippen molar-refractivity contribution in [3.05, 3.63) is 53.1 Å². The van der Waals surface area contributed by atoms with Crippen molar-refractivity contribution >= 4 is 28.4 Å². The Kier molecular flexibility index (Phi) is 6.59. The number of hydrogen-bond donors (Lipinski definition) is 1. The van der Waals surface area contributed by atoms with E-state index in [1.54, 1.807) is 30.1 Å². The van der Waals surface area contributed by atoms with Crippen molar-refractivity contribution in [2.24, 2.45) is 0 Å². The number of rotatable bonds is 10. The first kappa shape index (κ1) is 25.6. The van der Waals surface area contributed by atoms with Crippen LogP contribution in [0.25, 0.3) is 28.4 Å². The maximum absolute atomic E-state index is 13.7. The zero-order valence-electron chi connectivity index (χ0n) is 23.0. The summed E-state index contributed by atoms with van der Waals surface area (Å²) < 4.78 is 21.3. The fourth-order valence-corrected chi connectivity index (χ4v) is 5.50. The summed E-state index contributed by atoms with van der Waals surface area (Å²) in [5.74, 6) is 1.97. The molecule has 0 bridgehead atoms. The van der Waals surface area contributed by atoms with Gasteiger partial charge in [0.1, 0.15) is 17.9 Å². The van der Waals surface area contributed by atoms with Gasteiger partial charge in [0.2, 0.25) is 11.8 Å². The van der Waals surface area contributed by atoms with E-state index in [1.165, 1.54) is 10.2 Å². The van der Waals surface area contributed by atoms with Crippen LogP contribution in [0, 0.1) is 0 Å². The van der Waals surface area contributed by atoms with E-state index in [0.29, 0.717) is 48.2 Å². The highest BCUT2D eigenvalue weighted by Crippen LogP contribution is 2.37. The number of anilines is 2. The summed E-state index contributed by atoms with van der Waals surface area (Å²) in [7, 11) is 1.67. The first-order valence-corrected chi connectivity index (χ1v) is 14.0. The van der Waals surface area contributed by atoms with Gasteiger partial charge >= 0.3 is 5.69 Å². The van der Waals surface area contributed by atoms with E-state index in [9.17, 15) is 4.79 Å². The summed E-state index contributed by atoms with van der Waals surface area (Å²) in [4.78, 5) is 27.8.